The molecular formula is C22H15BrFNO. The maximum atomic E-state index is 13.0. The van der Waals surface area contributed by atoms with Gasteiger partial charge in [-0.15, -0.1) is 0 Å². The van der Waals surface area contributed by atoms with E-state index in [-0.39, 0.29) is 5.82 Å². The van der Waals surface area contributed by atoms with Crippen molar-refractivity contribution in [1.82, 2.24) is 0 Å². The Bertz CT molecular complexity index is 957. The van der Waals surface area contributed by atoms with Crippen molar-refractivity contribution in [3.8, 4) is 11.8 Å². The van der Waals surface area contributed by atoms with Crippen molar-refractivity contribution >= 4 is 27.6 Å². The van der Waals surface area contributed by atoms with Gasteiger partial charge in [0, 0.05) is 10.0 Å². The summed E-state index contributed by atoms with van der Waals surface area (Å²) in [6.07, 6.45) is 1.81. The van der Waals surface area contributed by atoms with Gasteiger partial charge in [-0.2, -0.15) is 5.26 Å². The van der Waals surface area contributed by atoms with Crippen molar-refractivity contribution < 1.29 is 9.13 Å². The van der Waals surface area contributed by atoms with Gasteiger partial charge >= 0.3 is 0 Å². The molecule has 0 atom stereocenters. The average Bonchev–Trinajstić information content (AvgIpc) is 2.67. The summed E-state index contributed by atoms with van der Waals surface area (Å²) in [7, 11) is 0. The highest BCUT2D eigenvalue weighted by Crippen LogP contribution is 2.26. The minimum atomic E-state index is -0.273. The molecule has 128 valence electrons. The van der Waals surface area contributed by atoms with Gasteiger partial charge in [-0.05, 0) is 47.5 Å². The smallest absolute Gasteiger partial charge is 0.127 e. The predicted octanol–water partition coefficient (Wildman–Crippen LogP) is 6.23. The van der Waals surface area contributed by atoms with E-state index in [4.69, 9.17) is 4.74 Å². The van der Waals surface area contributed by atoms with Crippen LogP contribution in [-0.2, 0) is 6.61 Å². The molecule has 0 unspecified atom stereocenters. The van der Waals surface area contributed by atoms with Crippen LogP contribution in [-0.4, -0.2) is 0 Å². The highest BCUT2D eigenvalue weighted by atomic mass is 79.9. The summed E-state index contributed by atoms with van der Waals surface area (Å²) in [4.78, 5) is 0. The Morgan fingerprint density at radius 1 is 1.00 bits per heavy atom. The first kappa shape index (κ1) is 17.9. The minimum Gasteiger partial charge on any atom is -0.488 e. The number of para-hydroxylation sites is 1. The lowest BCUT2D eigenvalue weighted by atomic mass is 10.0. The van der Waals surface area contributed by atoms with Crippen molar-refractivity contribution in [2.24, 2.45) is 0 Å². The summed E-state index contributed by atoms with van der Waals surface area (Å²) < 4.78 is 19.8. The van der Waals surface area contributed by atoms with Gasteiger partial charge in [0.2, 0.25) is 0 Å². The van der Waals surface area contributed by atoms with Crippen LogP contribution in [0.1, 0.15) is 16.7 Å². The van der Waals surface area contributed by atoms with E-state index >= 15 is 0 Å². The molecule has 0 N–H and O–H groups in total. The fourth-order valence-electron chi connectivity index (χ4n) is 2.44. The Labute approximate surface area is 160 Å². The lowest BCUT2D eigenvalue weighted by molar-refractivity contribution is 0.305. The molecule has 2 nitrogen and oxygen atoms in total. The molecular weight excluding hydrogens is 393 g/mol. The second-order valence-corrected chi connectivity index (χ2v) is 6.55. The number of rotatable bonds is 5. The maximum Gasteiger partial charge on any atom is 0.127 e. The third kappa shape index (κ3) is 4.59. The van der Waals surface area contributed by atoms with E-state index in [2.05, 4.69) is 22.0 Å². The second-order valence-electron chi connectivity index (χ2n) is 5.63. The molecule has 0 aliphatic carbocycles. The molecule has 3 aromatic carbocycles. The fourth-order valence-corrected chi connectivity index (χ4v) is 2.70. The number of nitrogens with zero attached hydrogens (tertiary/aromatic N) is 1. The molecule has 0 saturated carbocycles. The van der Waals surface area contributed by atoms with Crippen LogP contribution in [0.15, 0.2) is 77.3 Å². The quantitative estimate of drug-likeness (QED) is 0.370. The van der Waals surface area contributed by atoms with E-state index < -0.39 is 0 Å². The Morgan fingerprint density at radius 2 is 1.69 bits per heavy atom. The first-order valence-electron chi connectivity index (χ1n) is 8.00. The van der Waals surface area contributed by atoms with Gasteiger partial charge in [0.05, 0.1) is 11.6 Å². The number of hydrogen-bond donors (Lipinski definition) is 0. The largest absolute Gasteiger partial charge is 0.488 e. The lowest BCUT2D eigenvalue weighted by Crippen LogP contribution is -1.97. The zero-order valence-corrected chi connectivity index (χ0v) is 15.4. The van der Waals surface area contributed by atoms with Crippen LogP contribution in [0.3, 0.4) is 0 Å². The van der Waals surface area contributed by atoms with Crippen molar-refractivity contribution in [2.45, 2.75) is 6.61 Å². The molecule has 0 aliphatic heterocycles. The monoisotopic (exact) mass is 407 g/mol. The Morgan fingerprint density at radius 3 is 2.38 bits per heavy atom. The Balaban J connectivity index is 1.84. The van der Waals surface area contributed by atoms with Crippen molar-refractivity contribution in [1.29, 1.82) is 5.26 Å². The first-order chi connectivity index (χ1) is 12.7. The zero-order chi connectivity index (χ0) is 18.4. The number of halogens is 2. The highest BCUT2D eigenvalue weighted by Gasteiger charge is 2.06. The van der Waals surface area contributed by atoms with Crippen LogP contribution in [0.4, 0.5) is 4.39 Å². The van der Waals surface area contributed by atoms with Crippen LogP contribution in [0.2, 0.25) is 0 Å². The van der Waals surface area contributed by atoms with Gasteiger partial charge in [0.25, 0.3) is 0 Å². The molecule has 3 aromatic rings. The molecule has 0 spiro atoms. The van der Waals surface area contributed by atoms with E-state index in [1.54, 1.807) is 12.1 Å². The number of nitriles is 1. The van der Waals surface area contributed by atoms with E-state index in [1.807, 2.05) is 54.6 Å². The second kappa shape index (κ2) is 8.46. The summed E-state index contributed by atoms with van der Waals surface area (Å²) in [5, 5.41) is 9.53. The van der Waals surface area contributed by atoms with Crippen molar-refractivity contribution in [2.75, 3.05) is 0 Å². The summed E-state index contributed by atoms with van der Waals surface area (Å²) >= 11 is 3.40. The minimum absolute atomic E-state index is 0.273. The van der Waals surface area contributed by atoms with Gasteiger partial charge in [-0.25, -0.2) is 4.39 Å². The number of benzene rings is 3. The molecule has 3 rings (SSSR count). The molecule has 0 aliphatic rings. The van der Waals surface area contributed by atoms with E-state index in [0.29, 0.717) is 17.9 Å². The van der Waals surface area contributed by atoms with Crippen LogP contribution in [0, 0.1) is 17.1 Å². The third-order valence-corrected chi connectivity index (χ3v) is 4.33. The number of ether oxygens (including phenoxy) is 1. The Kier molecular flexibility index (Phi) is 5.83. The van der Waals surface area contributed by atoms with Gasteiger partial charge in [0.15, 0.2) is 0 Å². The van der Waals surface area contributed by atoms with Gasteiger partial charge in [0.1, 0.15) is 18.2 Å². The topological polar surface area (TPSA) is 33.0 Å². The van der Waals surface area contributed by atoms with Crippen LogP contribution < -0.4 is 4.74 Å². The summed E-state index contributed by atoms with van der Waals surface area (Å²) in [6.45, 7) is 0.325. The lowest BCUT2D eigenvalue weighted by Gasteiger charge is -2.10. The molecule has 4 heteroatoms. The molecule has 0 saturated heterocycles. The average molecular weight is 408 g/mol. The summed E-state index contributed by atoms with van der Waals surface area (Å²) in [5.74, 6) is 0.395. The van der Waals surface area contributed by atoms with E-state index in [0.717, 1.165) is 21.2 Å². The standard InChI is InChI=1S/C22H15BrFNO/c23-20-9-7-17(8-10-20)19(14-25)13-18-3-1-2-4-22(18)26-15-16-5-11-21(24)12-6-16/h1-13H,15H2/b19-13+. The molecule has 0 fully saturated rings. The summed E-state index contributed by atoms with van der Waals surface area (Å²) in [5.41, 5.74) is 3.08. The molecule has 0 heterocycles. The van der Waals surface area contributed by atoms with Crippen LogP contribution in [0.5, 0.6) is 5.75 Å². The van der Waals surface area contributed by atoms with E-state index in [1.165, 1.54) is 12.1 Å². The van der Waals surface area contributed by atoms with Crippen LogP contribution in [0.25, 0.3) is 11.6 Å². The molecule has 0 amide bonds. The zero-order valence-electron chi connectivity index (χ0n) is 13.8. The molecule has 0 bridgehead atoms. The van der Waals surface area contributed by atoms with Crippen molar-refractivity contribution in [3.05, 3.63) is 99.8 Å². The van der Waals surface area contributed by atoms with Crippen molar-refractivity contribution in [3.63, 3.8) is 0 Å². The predicted molar refractivity (Wildman–Crippen MR) is 105 cm³/mol. The normalized spacial score (nSPS) is 11.0. The van der Waals surface area contributed by atoms with Crippen LogP contribution >= 0.6 is 15.9 Å². The molecule has 0 radical (unpaired) electrons. The van der Waals surface area contributed by atoms with Gasteiger partial charge in [-0.1, -0.05) is 58.4 Å². The van der Waals surface area contributed by atoms with E-state index in [9.17, 15) is 9.65 Å². The number of allylic oxidation sites excluding steroid dienone is 1. The summed E-state index contributed by atoms with van der Waals surface area (Å²) in [6, 6.07) is 23.5. The van der Waals surface area contributed by atoms with Gasteiger partial charge < -0.3 is 4.74 Å². The maximum absolute atomic E-state index is 13.0. The molecule has 0 aromatic heterocycles. The Hall–Kier alpha value is -2.90. The van der Waals surface area contributed by atoms with Gasteiger partial charge in [-0.3, -0.25) is 0 Å². The third-order valence-electron chi connectivity index (χ3n) is 3.80. The SMILES string of the molecule is N#C/C(=C\c1ccccc1OCc1ccc(F)cc1)c1ccc(Br)cc1. The first-order valence-corrected chi connectivity index (χ1v) is 8.79. The fraction of sp³-hybridized carbons (Fsp3) is 0.0455. The number of hydrogen-bond acceptors (Lipinski definition) is 2. The highest BCUT2D eigenvalue weighted by molar-refractivity contribution is 9.10. The molecule has 26 heavy (non-hydrogen) atoms.